The number of para-hydroxylation sites is 2. The van der Waals surface area contributed by atoms with Crippen molar-refractivity contribution >= 4 is 35.1 Å². The molecule has 2 amide bonds. The summed E-state index contributed by atoms with van der Waals surface area (Å²) in [5, 5.41) is 24.8. The second-order valence-electron chi connectivity index (χ2n) is 14.7. The number of nitrogens with zero attached hydrogens (tertiary/aromatic N) is 2. The standard InChI is InChI=1S/C41H46N2O8/c1-5-8-14-24(4)22-42-30-18-12-10-16-28(30)40(48,38(42)46)34-26-20-33-27(21-32(26)50-36(34)44)35(37(45)51-33)41(49)29-17-11-13-19-31(29)43(39(41)47)23-25(7-3)15-9-6-2/h10-13,16-21,24-25,34-35,48-49H,5-9,14-15,22-23H2,1-4H3. The summed E-state index contributed by atoms with van der Waals surface area (Å²) in [5.41, 5.74) is -2.48. The molecule has 0 aromatic heterocycles. The van der Waals surface area contributed by atoms with Gasteiger partial charge in [-0.15, -0.1) is 0 Å². The van der Waals surface area contributed by atoms with E-state index in [1.54, 1.807) is 58.3 Å². The van der Waals surface area contributed by atoms with Crippen molar-refractivity contribution in [3.63, 3.8) is 0 Å². The molecular formula is C41H46N2O8. The molecule has 268 valence electrons. The molecule has 0 saturated heterocycles. The van der Waals surface area contributed by atoms with E-state index in [-0.39, 0.29) is 34.5 Å². The van der Waals surface area contributed by atoms with Crippen LogP contribution >= 0.6 is 0 Å². The van der Waals surface area contributed by atoms with Crippen LogP contribution in [0.1, 0.15) is 107 Å². The van der Waals surface area contributed by atoms with Gasteiger partial charge in [-0.1, -0.05) is 96.2 Å². The maximum atomic E-state index is 14.3. The summed E-state index contributed by atoms with van der Waals surface area (Å²) in [6, 6.07) is 16.7. The molecule has 4 aliphatic rings. The number of unbranched alkanes of at least 4 members (excludes halogenated alkanes) is 2. The summed E-state index contributed by atoms with van der Waals surface area (Å²) < 4.78 is 11.5. The third kappa shape index (κ3) is 5.29. The number of aliphatic hydroxyl groups is 2. The second kappa shape index (κ2) is 13.2. The first-order valence-corrected chi connectivity index (χ1v) is 18.4. The summed E-state index contributed by atoms with van der Waals surface area (Å²) in [7, 11) is 0. The van der Waals surface area contributed by atoms with Crippen molar-refractivity contribution in [1.82, 2.24) is 0 Å². The highest BCUT2D eigenvalue weighted by molar-refractivity contribution is 6.12. The van der Waals surface area contributed by atoms with Crippen molar-refractivity contribution in [2.45, 2.75) is 95.7 Å². The molecule has 0 spiro atoms. The van der Waals surface area contributed by atoms with Gasteiger partial charge < -0.3 is 29.5 Å². The van der Waals surface area contributed by atoms with Crippen LogP contribution < -0.4 is 19.3 Å². The molecule has 0 fully saturated rings. The number of esters is 2. The lowest BCUT2D eigenvalue weighted by Gasteiger charge is -2.29. The fraction of sp³-hybridized carbons (Fsp3) is 0.463. The fourth-order valence-corrected chi connectivity index (χ4v) is 8.57. The third-order valence-corrected chi connectivity index (χ3v) is 11.4. The number of hydrogen-bond donors (Lipinski definition) is 2. The zero-order chi connectivity index (χ0) is 36.2. The molecule has 7 rings (SSSR count). The molecule has 0 bridgehead atoms. The first-order valence-electron chi connectivity index (χ1n) is 18.4. The van der Waals surface area contributed by atoms with Crippen molar-refractivity contribution in [1.29, 1.82) is 0 Å². The molecule has 10 nitrogen and oxygen atoms in total. The molecule has 51 heavy (non-hydrogen) atoms. The van der Waals surface area contributed by atoms with Gasteiger partial charge in [0, 0.05) is 35.3 Å². The first-order chi connectivity index (χ1) is 24.5. The van der Waals surface area contributed by atoms with Crippen molar-refractivity contribution < 1.29 is 38.9 Å². The number of hydrogen-bond acceptors (Lipinski definition) is 8. The summed E-state index contributed by atoms with van der Waals surface area (Å²) in [4.78, 5) is 59.2. The maximum Gasteiger partial charge on any atom is 0.322 e. The summed E-state index contributed by atoms with van der Waals surface area (Å²) in [6.45, 7) is 9.15. The Hall–Kier alpha value is -4.54. The normalized spacial score (nSPS) is 25.8. The average molecular weight is 695 g/mol. The van der Waals surface area contributed by atoms with Gasteiger partial charge in [-0.05, 0) is 48.9 Å². The second-order valence-corrected chi connectivity index (χ2v) is 14.7. The van der Waals surface area contributed by atoms with Gasteiger partial charge in [-0.3, -0.25) is 19.2 Å². The Labute approximate surface area is 298 Å². The van der Waals surface area contributed by atoms with E-state index in [0.717, 1.165) is 44.9 Å². The number of benzene rings is 3. The summed E-state index contributed by atoms with van der Waals surface area (Å²) in [5.74, 6) is -5.34. The van der Waals surface area contributed by atoms with Gasteiger partial charge in [0.25, 0.3) is 11.8 Å². The van der Waals surface area contributed by atoms with Crippen molar-refractivity contribution in [3.05, 3.63) is 82.9 Å². The number of fused-ring (bicyclic) bond motifs is 4. The largest absolute Gasteiger partial charge is 0.426 e. The maximum absolute atomic E-state index is 14.3. The Morgan fingerprint density at radius 3 is 1.61 bits per heavy atom. The van der Waals surface area contributed by atoms with Crippen molar-refractivity contribution in [2.24, 2.45) is 11.8 Å². The molecule has 2 N–H and O–H groups in total. The molecule has 6 unspecified atom stereocenters. The molecule has 0 aliphatic carbocycles. The highest BCUT2D eigenvalue weighted by Crippen LogP contribution is 2.58. The predicted octanol–water partition coefficient (Wildman–Crippen LogP) is 6.20. The van der Waals surface area contributed by atoms with Gasteiger partial charge in [0.05, 0.1) is 11.4 Å². The van der Waals surface area contributed by atoms with Crippen molar-refractivity contribution in [3.8, 4) is 11.5 Å². The van der Waals surface area contributed by atoms with Crippen LogP contribution in [-0.4, -0.2) is 47.1 Å². The van der Waals surface area contributed by atoms with Crippen LogP contribution in [0.3, 0.4) is 0 Å². The highest BCUT2D eigenvalue weighted by atomic mass is 16.6. The molecule has 10 heteroatoms. The monoisotopic (exact) mass is 694 g/mol. The number of amides is 2. The third-order valence-electron chi connectivity index (χ3n) is 11.4. The van der Waals surface area contributed by atoms with Gasteiger partial charge in [-0.25, -0.2) is 0 Å². The molecule has 4 aliphatic heterocycles. The Balaban J connectivity index is 1.26. The lowest BCUT2D eigenvalue weighted by molar-refractivity contribution is -0.150. The number of carbonyl (C=O) groups is 4. The Morgan fingerprint density at radius 2 is 1.14 bits per heavy atom. The Morgan fingerprint density at radius 1 is 0.686 bits per heavy atom. The quantitative estimate of drug-likeness (QED) is 0.160. The van der Waals surface area contributed by atoms with E-state index in [9.17, 15) is 29.4 Å². The van der Waals surface area contributed by atoms with Crippen LogP contribution in [0.25, 0.3) is 0 Å². The van der Waals surface area contributed by atoms with Crippen LogP contribution in [-0.2, 0) is 30.4 Å². The lowest BCUT2D eigenvalue weighted by atomic mass is 9.76. The molecule has 0 radical (unpaired) electrons. The zero-order valence-electron chi connectivity index (χ0n) is 29.7. The van der Waals surface area contributed by atoms with Crippen LogP contribution in [0.5, 0.6) is 11.5 Å². The fourth-order valence-electron chi connectivity index (χ4n) is 8.57. The minimum absolute atomic E-state index is 0.0327. The number of ether oxygens (including phenoxy) is 2. The highest BCUT2D eigenvalue weighted by Gasteiger charge is 2.63. The molecule has 3 aromatic rings. The van der Waals surface area contributed by atoms with E-state index < -0.39 is 46.8 Å². The number of anilines is 2. The van der Waals surface area contributed by atoms with Gasteiger partial charge in [0.15, 0.2) is 11.2 Å². The van der Waals surface area contributed by atoms with Crippen LogP contribution in [0.2, 0.25) is 0 Å². The van der Waals surface area contributed by atoms with Crippen LogP contribution in [0.4, 0.5) is 11.4 Å². The molecular weight excluding hydrogens is 648 g/mol. The minimum Gasteiger partial charge on any atom is -0.426 e. The van der Waals surface area contributed by atoms with E-state index >= 15 is 0 Å². The van der Waals surface area contributed by atoms with E-state index in [0.29, 0.717) is 35.6 Å². The van der Waals surface area contributed by atoms with E-state index in [1.165, 1.54) is 12.1 Å². The van der Waals surface area contributed by atoms with Crippen LogP contribution in [0, 0.1) is 11.8 Å². The topological polar surface area (TPSA) is 134 Å². The van der Waals surface area contributed by atoms with Gasteiger partial charge in [0.1, 0.15) is 23.3 Å². The summed E-state index contributed by atoms with van der Waals surface area (Å²) >= 11 is 0. The molecule has 3 aromatic carbocycles. The lowest BCUT2D eigenvalue weighted by Crippen LogP contribution is -2.47. The first kappa shape index (κ1) is 34.9. The van der Waals surface area contributed by atoms with E-state index in [4.69, 9.17) is 9.47 Å². The molecule has 4 heterocycles. The zero-order valence-corrected chi connectivity index (χ0v) is 29.7. The Kier molecular flexibility index (Phi) is 9.04. The van der Waals surface area contributed by atoms with Crippen LogP contribution in [0.15, 0.2) is 60.7 Å². The number of rotatable bonds is 13. The van der Waals surface area contributed by atoms with Gasteiger partial charge >= 0.3 is 11.9 Å². The molecule has 6 atom stereocenters. The minimum atomic E-state index is -2.27. The Bertz CT molecular complexity index is 1910. The smallest absolute Gasteiger partial charge is 0.322 e. The van der Waals surface area contributed by atoms with Crippen molar-refractivity contribution in [2.75, 3.05) is 22.9 Å². The van der Waals surface area contributed by atoms with Gasteiger partial charge in [-0.2, -0.15) is 0 Å². The van der Waals surface area contributed by atoms with Gasteiger partial charge in [0.2, 0.25) is 0 Å². The average Bonchev–Trinajstić information content (AvgIpc) is 3.76. The van der Waals surface area contributed by atoms with E-state index in [2.05, 4.69) is 27.7 Å². The summed E-state index contributed by atoms with van der Waals surface area (Å²) in [6.07, 6.45) is 6.76. The molecule has 0 saturated carbocycles. The predicted molar refractivity (Wildman–Crippen MR) is 191 cm³/mol. The number of carbonyl (C=O) groups excluding carboxylic acids is 4. The van der Waals surface area contributed by atoms with E-state index in [1.807, 2.05) is 0 Å². The SMILES string of the molecule is CCCCC(C)CN1C(=O)C(O)(C2C(=O)Oc3cc4c(cc32)OC(=O)C4C2(O)C(=O)N(CC(CC)CCCC)c3ccccc32)c2ccccc21.